The van der Waals surface area contributed by atoms with E-state index >= 15 is 0 Å². The number of thiophene rings is 1. The van der Waals surface area contributed by atoms with Gasteiger partial charge in [0.1, 0.15) is 17.0 Å². The minimum atomic E-state index is 0.521. The largest absolute Gasteiger partial charge is 0.364 e. The predicted octanol–water partition coefficient (Wildman–Crippen LogP) is 1.07. The molecular weight excluding hydrogens is 196 g/mol. The van der Waals surface area contributed by atoms with Crippen LogP contribution in [0.3, 0.4) is 0 Å². The number of aromatic nitrogens is 2. The topological polar surface area (TPSA) is 49.8 Å². The van der Waals surface area contributed by atoms with E-state index in [2.05, 4.69) is 26.7 Å². The van der Waals surface area contributed by atoms with Crippen molar-refractivity contribution >= 4 is 27.4 Å². The van der Waals surface area contributed by atoms with Gasteiger partial charge in [-0.15, -0.1) is 11.3 Å². The summed E-state index contributed by atoms with van der Waals surface area (Å²) in [6.45, 7) is 2.05. The first-order valence-corrected chi connectivity index (χ1v) is 5.47. The Morgan fingerprint density at radius 3 is 3.14 bits per heavy atom. The van der Waals surface area contributed by atoms with E-state index in [4.69, 9.17) is 0 Å². The van der Waals surface area contributed by atoms with E-state index in [1.165, 1.54) is 0 Å². The van der Waals surface area contributed by atoms with Crippen molar-refractivity contribution < 1.29 is 0 Å². The lowest BCUT2D eigenvalue weighted by molar-refractivity contribution is 0.471. The SMILES string of the molecule is c1nc(NC2CNC2)c2ccsc2n1. The molecule has 0 radical (unpaired) electrons. The second-order valence-corrected chi connectivity index (χ2v) is 4.26. The van der Waals surface area contributed by atoms with Crippen molar-refractivity contribution in [1.29, 1.82) is 0 Å². The van der Waals surface area contributed by atoms with E-state index in [1.54, 1.807) is 17.7 Å². The van der Waals surface area contributed by atoms with Gasteiger partial charge in [-0.2, -0.15) is 0 Å². The van der Waals surface area contributed by atoms with Crippen molar-refractivity contribution in [2.75, 3.05) is 18.4 Å². The Morgan fingerprint density at radius 2 is 2.36 bits per heavy atom. The number of rotatable bonds is 2. The molecule has 1 saturated heterocycles. The standard InChI is InChI=1S/C9H10N4S/c1-2-14-9-7(1)8(11-5-12-9)13-6-3-10-4-6/h1-2,5-6,10H,3-4H2,(H,11,12,13). The number of anilines is 1. The lowest BCUT2D eigenvalue weighted by Crippen LogP contribution is -2.51. The van der Waals surface area contributed by atoms with E-state index in [0.29, 0.717) is 6.04 Å². The second kappa shape index (κ2) is 3.18. The zero-order valence-corrected chi connectivity index (χ0v) is 8.34. The van der Waals surface area contributed by atoms with Crippen LogP contribution >= 0.6 is 11.3 Å². The van der Waals surface area contributed by atoms with Crippen molar-refractivity contribution in [1.82, 2.24) is 15.3 Å². The maximum Gasteiger partial charge on any atom is 0.138 e. The Morgan fingerprint density at radius 1 is 1.43 bits per heavy atom. The maximum absolute atomic E-state index is 4.26. The summed E-state index contributed by atoms with van der Waals surface area (Å²) in [5, 5.41) is 9.79. The molecule has 0 aromatic carbocycles. The van der Waals surface area contributed by atoms with Crippen molar-refractivity contribution in [3.05, 3.63) is 17.8 Å². The summed E-state index contributed by atoms with van der Waals surface area (Å²) in [5.41, 5.74) is 0. The summed E-state index contributed by atoms with van der Waals surface area (Å²) in [7, 11) is 0. The first-order chi connectivity index (χ1) is 6.93. The molecule has 2 aromatic heterocycles. The second-order valence-electron chi connectivity index (χ2n) is 3.36. The molecule has 1 aliphatic heterocycles. The van der Waals surface area contributed by atoms with Gasteiger partial charge >= 0.3 is 0 Å². The first kappa shape index (κ1) is 8.14. The Balaban J connectivity index is 1.97. The number of hydrogen-bond acceptors (Lipinski definition) is 5. The van der Waals surface area contributed by atoms with Gasteiger partial charge in [0.15, 0.2) is 0 Å². The fraction of sp³-hybridized carbons (Fsp3) is 0.333. The van der Waals surface area contributed by atoms with Crippen LogP contribution in [0.2, 0.25) is 0 Å². The molecule has 0 amide bonds. The van der Waals surface area contributed by atoms with E-state index in [0.717, 1.165) is 29.1 Å². The van der Waals surface area contributed by atoms with Gasteiger partial charge in [-0.25, -0.2) is 9.97 Å². The molecule has 0 atom stereocenters. The van der Waals surface area contributed by atoms with Gasteiger partial charge in [0.2, 0.25) is 0 Å². The van der Waals surface area contributed by atoms with Gasteiger partial charge in [0, 0.05) is 13.1 Å². The van der Waals surface area contributed by atoms with Gasteiger partial charge < -0.3 is 10.6 Å². The molecule has 3 heterocycles. The quantitative estimate of drug-likeness (QED) is 0.772. The van der Waals surface area contributed by atoms with Crippen LogP contribution in [0.5, 0.6) is 0 Å². The Labute approximate surface area is 85.4 Å². The Hall–Kier alpha value is -1.20. The third-order valence-corrected chi connectivity index (χ3v) is 3.20. The minimum Gasteiger partial charge on any atom is -0.364 e. The number of nitrogens with one attached hydrogen (secondary N) is 2. The average molecular weight is 206 g/mol. The third-order valence-electron chi connectivity index (χ3n) is 2.38. The predicted molar refractivity (Wildman–Crippen MR) is 57.7 cm³/mol. The molecular formula is C9H10N4S. The summed E-state index contributed by atoms with van der Waals surface area (Å²) < 4.78 is 0. The highest BCUT2D eigenvalue weighted by Gasteiger charge is 2.17. The average Bonchev–Trinajstić information content (AvgIpc) is 2.59. The van der Waals surface area contributed by atoms with E-state index in [1.807, 2.05) is 5.38 Å². The zero-order valence-electron chi connectivity index (χ0n) is 7.53. The Bertz CT molecular complexity index is 449. The van der Waals surface area contributed by atoms with Crippen LogP contribution < -0.4 is 10.6 Å². The normalized spacial score (nSPS) is 16.9. The van der Waals surface area contributed by atoms with Crippen molar-refractivity contribution in [2.45, 2.75) is 6.04 Å². The van der Waals surface area contributed by atoms with Crippen LogP contribution in [0.4, 0.5) is 5.82 Å². The van der Waals surface area contributed by atoms with Gasteiger partial charge in [0.25, 0.3) is 0 Å². The van der Waals surface area contributed by atoms with Gasteiger partial charge in [-0.05, 0) is 11.4 Å². The zero-order chi connectivity index (χ0) is 9.38. The number of fused-ring (bicyclic) bond motifs is 1. The molecule has 0 spiro atoms. The van der Waals surface area contributed by atoms with E-state index in [9.17, 15) is 0 Å². The summed E-state index contributed by atoms with van der Waals surface area (Å²) in [6.07, 6.45) is 1.62. The summed E-state index contributed by atoms with van der Waals surface area (Å²) in [4.78, 5) is 9.51. The third kappa shape index (κ3) is 1.25. The minimum absolute atomic E-state index is 0.521. The molecule has 1 fully saturated rings. The highest BCUT2D eigenvalue weighted by Crippen LogP contribution is 2.24. The highest BCUT2D eigenvalue weighted by molar-refractivity contribution is 7.16. The maximum atomic E-state index is 4.26. The van der Waals surface area contributed by atoms with Crippen LogP contribution in [-0.4, -0.2) is 29.1 Å². The summed E-state index contributed by atoms with van der Waals surface area (Å²) in [6, 6.07) is 2.59. The van der Waals surface area contributed by atoms with Crippen LogP contribution in [-0.2, 0) is 0 Å². The molecule has 2 N–H and O–H groups in total. The van der Waals surface area contributed by atoms with E-state index in [-0.39, 0.29) is 0 Å². The monoisotopic (exact) mass is 206 g/mol. The first-order valence-electron chi connectivity index (χ1n) is 4.59. The molecule has 4 nitrogen and oxygen atoms in total. The molecule has 5 heteroatoms. The van der Waals surface area contributed by atoms with Crippen molar-refractivity contribution in [3.8, 4) is 0 Å². The number of nitrogens with zero attached hydrogens (tertiary/aromatic N) is 2. The van der Waals surface area contributed by atoms with Gasteiger partial charge in [0.05, 0.1) is 11.4 Å². The fourth-order valence-corrected chi connectivity index (χ4v) is 2.22. The number of hydrogen-bond donors (Lipinski definition) is 2. The Kier molecular flexibility index (Phi) is 1.85. The highest BCUT2D eigenvalue weighted by atomic mass is 32.1. The van der Waals surface area contributed by atoms with E-state index < -0.39 is 0 Å². The smallest absolute Gasteiger partial charge is 0.138 e. The van der Waals surface area contributed by atoms with Gasteiger partial charge in [-0.3, -0.25) is 0 Å². The molecule has 3 rings (SSSR count). The van der Waals surface area contributed by atoms with Gasteiger partial charge in [-0.1, -0.05) is 0 Å². The molecule has 14 heavy (non-hydrogen) atoms. The van der Waals surface area contributed by atoms with Crippen LogP contribution in [0.25, 0.3) is 10.2 Å². The fourth-order valence-electron chi connectivity index (χ4n) is 1.49. The molecule has 0 unspecified atom stereocenters. The summed E-state index contributed by atoms with van der Waals surface area (Å²) in [5.74, 6) is 0.961. The van der Waals surface area contributed by atoms with Crippen molar-refractivity contribution in [3.63, 3.8) is 0 Å². The lowest BCUT2D eigenvalue weighted by Gasteiger charge is -2.28. The molecule has 0 aliphatic carbocycles. The van der Waals surface area contributed by atoms with Crippen molar-refractivity contribution in [2.24, 2.45) is 0 Å². The molecule has 72 valence electrons. The van der Waals surface area contributed by atoms with Crippen LogP contribution in [0.15, 0.2) is 17.8 Å². The molecule has 0 saturated carbocycles. The molecule has 1 aliphatic rings. The lowest BCUT2D eigenvalue weighted by atomic mass is 10.2. The molecule has 2 aromatic rings. The van der Waals surface area contributed by atoms with Crippen LogP contribution in [0, 0.1) is 0 Å². The summed E-state index contributed by atoms with van der Waals surface area (Å²) >= 11 is 1.65. The molecule has 0 bridgehead atoms. The van der Waals surface area contributed by atoms with Crippen LogP contribution in [0.1, 0.15) is 0 Å².